The molecule has 4 N–H and O–H groups in total. The van der Waals surface area contributed by atoms with Gasteiger partial charge in [-0.3, -0.25) is 4.79 Å². The maximum absolute atomic E-state index is 11.4. The van der Waals surface area contributed by atoms with Crippen LogP contribution in [0.1, 0.15) is 0 Å². The summed E-state index contributed by atoms with van der Waals surface area (Å²) in [5, 5.41) is 0. The Morgan fingerprint density at radius 3 is 1.80 bits per heavy atom. The molecule has 0 fully saturated rings. The van der Waals surface area contributed by atoms with Crippen LogP contribution in [-0.2, 0) is 4.79 Å². The molecular weight excluding hydrogens is 149 g/mol. The lowest BCUT2D eigenvalue weighted by molar-refractivity contribution is -0.115. The van der Waals surface area contributed by atoms with Gasteiger partial charge in [0.05, 0.1) is 0 Å². The van der Waals surface area contributed by atoms with Gasteiger partial charge >= 0.3 is 6.18 Å². The van der Waals surface area contributed by atoms with E-state index in [1.807, 2.05) is 0 Å². The van der Waals surface area contributed by atoms with E-state index < -0.39 is 17.8 Å². The van der Waals surface area contributed by atoms with E-state index in [1.165, 1.54) is 0 Å². The number of hydrogen-bond acceptors (Lipinski definition) is 2. The van der Waals surface area contributed by atoms with Gasteiger partial charge in [-0.05, 0) is 0 Å². The molecule has 0 rings (SSSR count). The van der Waals surface area contributed by atoms with Crippen LogP contribution in [0.25, 0.3) is 0 Å². The van der Waals surface area contributed by atoms with E-state index in [-0.39, 0.29) is 6.08 Å². The molecule has 0 spiro atoms. The molecule has 0 unspecified atom stereocenters. The minimum Gasteiger partial charge on any atom is -0.395 e. The van der Waals surface area contributed by atoms with Gasteiger partial charge < -0.3 is 11.5 Å². The Morgan fingerprint density at radius 1 is 1.30 bits per heavy atom. The third-order valence-corrected chi connectivity index (χ3v) is 0.625. The van der Waals surface area contributed by atoms with Gasteiger partial charge in [0.15, 0.2) is 0 Å². The minimum atomic E-state index is -4.67. The van der Waals surface area contributed by atoms with E-state index in [0.717, 1.165) is 0 Å². The Bertz CT molecular complexity index is 172. The molecule has 1 amide bonds. The minimum absolute atomic E-state index is 0.125. The SMILES string of the molecule is NC(=O)C=C(N)C(F)(F)F. The molecule has 0 saturated carbocycles. The van der Waals surface area contributed by atoms with Crippen LogP contribution in [0.3, 0.4) is 0 Å². The highest BCUT2D eigenvalue weighted by atomic mass is 19.4. The zero-order valence-electron chi connectivity index (χ0n) is 4.77. The van der Waals surface area contributed by atoms with Crippen LogP contribution in [0.15, 0.2) is 11.8 Å². The van der Waals surface area contributed by atoms with Crippen molar-refractivity contribution < 1.29 is 18.0 Å². The van der Waals surface area contributed by atoms with Crippen molar-refractivity contribution in [1.29, 1.82) is 0 Å². The van der Waals surface area contributed by atoms with Crippen molar-refractivity contribution in [3.63, 3.8) is 0 Å². The molecule has 0 heterocycles. The molecule has 0 aromatic rings. The maximum Gasteiger partial charge on any atom is 0.430 e. The van der Waals surface area contributed by atoms with Gasteiger partial charge in [-0.1, -0.05) is 0 Å². The van der Waals surface area contributed by atoms with E-state index in [4.69, 9.17) is 0 Å². The molecule has 0 radical (unpaired) electrons. The average Bonchev–Trinajstić information content (AvgIpc) is 1.60. The lowest BCUT2D eigenvalue weighted by Gasteiger charge is -2.03. The number of primary amides is 1. The molecule has 6 heteroatoms. The largest absolute Gasteiger partial charge is 0.430 e. The van der Waals surface area contributed by atoms with Gasteiger partial charge in [0.25, 0.3) is 0 Å². The average molecular weight is 154 g/mol. The van der Waals surface area contributed by atoms with Crippen molar-refractivity contribution in [1.82, 2.24) is 0 Å². The first-order chi connectivity index (χ1) is 4.34. The van der Waals surface area contributed by atoms with Gasteiger partial charge in [0, 0.05) is 6.08 Å². The Balaban J connectivity index is 4.35. The molecule has 0 saturated heterocycles. The van der Waals surface area contributed by atoms with E-state index in [0.29, 0.717) is 0 Å². The second-order valence-electron chi connectivity index (χ2n) is 1.50. The number of halogens is 3. The summed E-state index contributed by atoms with van der Waals surface area (Å²) >= 11 is 0. The molecule has 0 aliphatic carbocycles. The van der Waals surface area contributed by atoms with Gasteiger partial charge in [-0.25, -0.2) is 0 Å². The zero-order chi connectivity index (χ0) is 8.36. The van der Waals surface area contributed by atoms with Gasteiger partial charge in [0.2, 0.25) is 5.91 Å². The smallest absolute Gasteiger partial charge is 0.395 e. The summed E-state index contributed by atoms with van der Waals surface area (Å²) in [6.07, 6.45) is -4.55. The van der Waals surface area contributed by atoms with Crippen LogP contribution >= 0.6 is 0 Å². The van der Waals surface area contributed by atoms with Crippen molar-refractivity contribution in [2.24, 2.45) is 11.5 Å². The summed E-state index contributed by atoms with van der Waals surface area (Å²) in [6, 6.07) is 0. The van der Waals surface area contributed by atoms with E-state index in [9.17, 15) is 18.0 Å². The topological polar surface area (TPSA) is 69.1 Å². The Kier molecular flexibility index (Phi) is 2.28. The molecule has 0 bridgehead atoms. The lowest BCUT2D eigenvalue weighted by atomic mass is 10.4. The van der Waals surface area contributed by atoms with Crippen molar-refractivity contribution >= 4 is 5.91 Å². The first-order valence-electron chi connectivity index (χ1n) is 2.18. The summed E-state index contributed by atoms with van der Waals surface area (Å²) in [5.74, 6) is -1.21. The van der Waals surface area contributed by atoms with E-state index in [2.05, 4.69) is 11.5 Å². The summed E-state index contributed by atoms with van der Waals surface area (Å²) in [4.78, 5) is 9.82. The van der Waals surface area contributed by atoms with Crippen LogP contribution in [0, 0.1) is 0 Å². The summed E-state index contributed by atoms with van der Waals surface area (Å²) in [7, 11) is 0. The molecule has 3 nitrogen and oxygen atoms in total. The van der Waals surface area contributed by atoms with E-state index >= 15 is 0 Å². The van der Waals surface area contributed by atoms with Crippen LogP contribution < -0.4 is 11.5 Å². The fourth-order valence-corrected chi connectivity index (χ4v) is 0.235. The molecule has 58 valence electrons. The first kappa shape index (κ1) is 8.80. The Labute approximate surface area is 54.5 Å². The Hall–Kier alpha value is -1.20. The second kappa shape index (κ2) is 2.59. The zero-order valence-corrected chi connectivity index (χ0v) is 4.77. The van der Waals surface area contributed by atoms with Crippen molar-refractivity contribution in [2.75, 3.05) is 0 Å². The standard InChI is InChI=1S/C4H5F3N2O/c5-4(6,7)2(8)1-3(9)10/h1H,8H2,(H2,9,10). The van der Waals surface area contributed by atoms with Crippen molar-refractivity contribution in [3.8, 4) is 0 Å². The van der Waals surface area contributed by atoms with Crippen LogP contribution in [-0.4, -0.2) is 12.1 Å². The number of carbonyl (C=O) groups is 1. The fraction of sp³-hybridized carbons (Fsp3) is 0.250. The maximum atomic E-state index is 11.4. The highest BCUT2D eigenvalue weighted by Gasteiger charge is 2.31. The number of hydrogen-bond donors (Lipinski definition) is 2. The number of carbonyl (C=O) groups excluding carboxylic acids is 1. The number of alkyl halides is 3. The van der Waals surface area contributed by atoms with Crippen molar-refractivity contribution in [2.45, 2.75) is 6.18 Å². The number of allylic oxidation sites excluding steroid dienone is 1. The predicted octanol–water partition coefficient (Wildman–Crippen LogP) is -0.123. The van der Waals surface area contributed by atoms with Gasteiger partial charge in [0.1, 0.15) is 5.70 Å². The highest BCUT2D eigenvalue weighted by molar-refractivity contribution is 5.86. The molecule has 0 aliphatic rings. The van der Waals surface area contributed by atoms with Crippen LogP contribution in [0.2, 0.25) is 0 Å². The highest BCUT2D eigenvalue weighted by Crippen LogP contribution is 2.20. The molecular formula is C4H5F3N2O. The molecule has 0 aromatic carbocycles. The van der Waals surface area contributed by atoms with Gasteiger partial charge in [-0.15, -0.1) is 0 Å². The number of amides is 1. The van der Waals surface area contributed by atoms with Crippen molar-refractivity contribution in [3.05, 3.63) is 11.8 Å². The van der Waals surface area contributed by atoms with Gasteiger partial charge in [-0.2, -0.15) is 13.2 Å². The fourth-order valence-electron chi connectivity index (χ4n) is 0.235. The third kappa shape index (κ3) is 2.95. The predicted molar refractivity (Wildman–Crippen MR) is 27.5 cm³/mol. The molecule has 0 atom stereocenters. The monoisotopic (exact) mass is 154 g/mol. The van der Waals surface area contributed by atoms with E-state index in [1.54, 1.807) is 0 Å². The first-order valence-corrected chi connectivity index (χ1v) is 2.18. The summed E-state index contributed by atoms with van der Waals surface area (Å²) in [6.45, 7) is 0. The summed E-state index contributed by atoms with van der Waals surface area (Å²) in [5.41, 5.74) is 7.30. The Morgan fingerprint density at radius 2 is 1.70 bits per heavy atom. The molecule has 0 aromatic heterocycles. The normalized spacial score (nSPS) is 13.3. The lowest BCUT2D eigenvalue weighted by Crippen LogP contribution is -2.22. The second-order valence-corrected chi connectivity index (χ2v) is 1.50. The van der Waals surface area contributed by atoms with Crippen LogP contribution in [0.4, 0.5) is 13.2 Å². The van der Waals surface area contributed by atoms with Crippen LogP contribution in [0.5, 0.6) is 0 Å². The molecule has 10 heavy (non-hydrogen) atoms. The quantitative estimate of drug-likeness (QED) is 0.517. The third-order valence-electron chi connectivity index (χ3n) is 0.625. The summed E-state index contributed by atoms with van der Waals surface area (Å²) < 4.78 is 34.2. The number of rotatable bonds is 1. The number of nitrogens with two attached hydrogens (primary N) is 2. The molecule has 0 aliphatic heterocycles.